The summed E-state index contributed by atoms with van der Waals surface area (Å²) in [6.45, 7) is 2.81. The number of piperidine rings is 1. The van der Waals surface area contributed by atoms with Gasteiger partial charge >= 0.3 is 6.03 Å². The van der Waals surface area contributed by atoms with Crippen LogP contribution in [0.15, 0.2) is 36.9 Å². The molecule has 1 aliphatic heterocycles. The second-order valence-corrected chi connectivity index (χ2v) is 6.70. The van der Waals surface area contributed by atoms with Crippen LogP contribution < -0.4 is 5.32 Å². The molecule has 134 valence electrons. The molecule has 0 unspecified atom stereocenters. The van der Waals surface area contributed by atoms with Gasteiger partial charge in [0.1, 0.15) is 12.7 Å². The van der Waals surface area contributed by atoms with Crippen LogP contribution in [-0.2, 0) is 13.1 Å². The predicted octanol–water partition coefficient (Wildman–Crippen LogP) is 1.56. The number of hydrogen-bond acceptors (Lipinski definition) is 4. The van der Waals surface area contributed by atoms with Gasteiger partial charge in [-0.05, 0) is 38.1 Å². The van der Waals surface area contributed by atoms with E-state index in [1.807, 2.05) is 23.1 Å². The highest BCUT2D eigenvalue weighted by atomic mass is 16.2. The largest absolute Gasteiger partial charge is 0.334 e. The lowest BCUT2D eigenvalue weighted by Gasteiger charge is -2.35. The van der Waals surface area contributed by atoms with Crippen molar-refractivity contribution >= 4 is 6.03 Å². The Morgan fingerprint density at radius 1 is 1.24 bits per heavy atom. The van der Waals surface area contributed by atoms with Crippen molar-refractivity contribution in [1.82, 2.24) is 29.9 Å². The Morgan fingerprint density at radius 2 is 1.96 bits per heavy atom. The molecule has 1 fully saturated rings. The molecule has 2 heterocycles. The quantitative estimate of drug-likeness (QED) is 0.896. The molecule has 0 radical (unpaired) electrons. The van der Waals surface area contributed by atoms with E-state index in [9.17, 15) is 4.79 Å². The smallest absolute Gasteiger partial charge is 0.317 e. The minimum Gasteiger partial charge on any atom is -0.334 e. The fraction of sp³-hybridized carbons (Fsp3) is 0.500. The van der Waals surface area contributed by atoms with Gasteiger partial charge in [0.25, 0.3) is 0 Å². The van der Waals surface area contributed by atoms with Crippen LogP contribution in [0.5, 0.6) is 0 Å². The molecular weight excluding hydrogens is 316 g/mol. The monoisotopic (exact) mass is 342 g/mol. The van der Waals surface area contributed by atoms with Gasteiger partial charge in [-0.15, -0.1) is 0 Å². The summed E-state index contributed by atoms with van der Waals surface area (Å²) in [5, 5.41) is 7.21. The summed E-state index contributed by atoms with van der Waals surface area (Å²) in [5.41, 5.74) is 2.24. The Labute approximate surface area is 148 Å². The van der Waals surface area contributed by atoms with Gasteiger partial charge in [-0.2, -0.15) is 5.10 Å². The lowest BCUT2D eigenvalue weighted by molar-refractivity contribution is 0.148. The van der Waals surface area contributed by atoms with E-state index in [4.69, 9.17) is 0 Å². The lowest BCUT2D eigenvalue weighted by atomic mass is 10.0. The van der Waals surface area contributed by atoms with E-state index in [1.54, 1.807) is 11.0 Å². The molecule has 1 N–H and O–H groups in total. The van der Waals surface area contributed by atoms with Crippen LogP contribution in [0.25, 0.3) is 0 Å². The van der Waals surface area contributed by atoms with Gasteiger partial charge in [0.15, 0.2) is 0 Å². The molecule has 2 amide bonds. The number of carbonyl (C=O) groups excluding carboxylic acids is 1. The summed E-state index contributed by atoms with van der Waals surface area (Å²) >= 11 is 0. The van der Waals surface area contributed by atoms with Crippen LogP contribution in [0, 0.1) is 0 Å². The Bertz CT molecular complexity index is 677. The van der Waals surface area contributed by atoms with Gasteiger partial charge in [-0.25, -0.2) is 14.5 Å². The highest BCUT2D eigenvalue weighted by Gasteiger charge is 2.23. The van der Waals surface area contributed by atoms with Crippen molar-refractivity contribution in [2.45, 2.75) is 32.0 Å². The van der Waals surface area contributed by atoms with E-state index in [0.29, 0.717) is 19.1 Å². The first-order valence-corrected chi connectivity index (χ1v) is 8.72. The highest BCUT2D eigenvalue weighted by molar-refractivity contribution is 5.74. The van der Waals surface area contributed by atoms with Crippen molar-refractivity contribution < 1.29 is 4.79 Å². The van der Waals surface area contributed by atoms with E-state index in [2.05, 4.69) is 40.5 Å². The fourth-order valence-electron chi connectivity index (χ4n) is 3.24. The summed E-state index contributed by atoms with van der Waals surface area (Å²) in [4.78, 5) is 20.6. The van der Waals surface area contributed by atoms with Crippen LogP contribution in [0.1, 0.15) is 24.0 Å². The maximum atomic E-state index is 12.4. The number of nitrogens with one attached hydrogen (secondary N) is 1. The maximum absolute atomic E-state index is 12.4. The topological polar surface area (TPSA) is 66.3 Å². The molecule has 7 nitrogen and oxygen atoms in total. The fourth-order valence-corrected chi connectivity index (χ4v) is 3.24. The molecule has 0 bridgehead atoms. The third-order valence-corrected chi connectivity index (χ3v) is 4.83. The number of benzene rings is 1. The van der Waals surface area contributed by atoms with Crippen molar-refractivity contribution in [2.75, 3.05) is 27.2 Å². The molecule has 25 heavy (non-hydrogen) atoms. The molecule has 2 aromatic rings. The second-order valence-electron chi connectivity index (χ2n) is 6.70. The standard InChI is InChI=1S/C18H26N6O/c1-22(2)17-7-9-23(10-8-17)18(25)20-11-15-5-3-4-6-16(15)12-24-14-19-13-21-24/h3-6,13-14,17H,7-12H2,1-2H3,(H,20,25). The number of carbonyl (C=O) groups is 1. The van der Waals surface area contributed by atoms with Gasteiger partial charge in [0.05, 0.1) is 6.54 Å². The molecule has 0 saturated carbocycles. The average Bonchev–Trinajstić information content (AvgIpc) is 3.14. The van der Waals surface area contributed by atoms with E-state index >= 15 is 0 Å². The molecule has 1 saturated heterocycles. The Kier molecular flexibility index (Phi) is 5.65. The molecular formula is C18H26N6O. The average molecular weight is 342 g/mol. The summed E-state index contributed by atoms with van der Waals surface area (Å²) in [6, 6.07) is 8.70. The van der Waals surface area contributed by atoms with E-state index < -0.39 is 0 Å². The van der Waals surface area contributed by atoms with Crippen molar-refractivity contribution in [3.8, 4) is 0 Å². The van der Waals surface area contributed by atoms with Crippen molar-refractivity contribution in [3.05, 3.63) is 48.0 Å². The van der Waals surface area contributed by atoms with Gasteiger partial charge in [0, 0.05) is 25.7 Å². The van der Waals surface area contributed by atoms with Crippen molar-refractivity contribution in [3.63, 3.8) is 0 Å². The number of rotatable bonds is 5. The predicted molar refractivity (Wildman–Crippen MR) is 96.1 cm³/mol. The van der Waals surface area contributed by atoms with E-state index in [1.165, 1.54) is 6.33 Å². The summed E-state index contributed by atoms with van der Waals surface area (Å²) in [6.07, 6.45) is 5.29. The second kappa shape index (κ2) is 8.11. The highest BCUT2D eigenvalue weighted by Crippen LogP contribution is 2.15. The van der Waals surface area contributed by atoms with Gasteiger partial charge < -0.3 is 15.1 Å². The number of hydrogen-bond donors (Lipinski definition) is 1. The maximum Gasteiger partial charge on any atom is 0.317 e. The first-order valence-electron chi connectivity index (χ1n) is 8.72. The first kappa shape index (κ1) is 17.4. The molecule has 0 atom stereocenters. The molecule has 7 heteroatoms. The lowest BCUT2D eigenvalue weighted by Crippen LogP contribution is -2.48. The van der Waals surface area contributed by atoms with Crippen LogP contribution >= 0.6 is 0 Å². The third kappa shape index (κ3) is 4.57. The number of aromatic nitrogens is 3. The van der Waals surface area contributed by atoms with E-state index in [0.717, 1.165) is 37.1 Å². The summed E-state index contributed by atoms with van der Waals surface area (Å²) < 4.78 is 1.78. The van der Waals surface area contributed by atoms with Crippen LogP contribution in [0.4, 0.5) is 4.79 Å². The van der Waals surface area contributed by atoms with Crippen LogP contribution in [-0.4, -0.2) is 63.8 Å². The van der Waals surface area contributed by atoms with Gasteiger partial charge in [0.2, 0.25) is 0 Å². The minimum absolute atomic E-state index is 0.0211. The molecule has 3 rings (SSSR count). The number of nitrogens with zero attached hydrogens (tertiary/aromatic N) is 5. The SMILES string of the molecule is CN(C)C1CCN(C(=O)NCc2ccccc2Cn2cncn2)CC1. The van der Waals surface area contributed by atoms with Crippen molar-refractivity contribution in [1.29, 1.82) is 0 Å². The zero-order chi connectivity index (χ0) is 17.6. The van der Waals surface area contributed by atoms with Gasteiger partial charge in [-0.3, -0.25) is 0 Å². The Hall–Kier alpha value is -2.41. The Balaban J connectivity index is 1.54. The first-order chi connectivity index (χ1) is 12.1. The molecule has 1 aromatic carbocycles. The summed E-state index contributed by atoms with van der Waals surface area (Å²) in [5.74, 6) is 0. The molecule has 0 aliphatic carbocycles. The van der Waals surface area contributed by atoms with Crippen LogP contribution in [0.2, 0.25) is 0 Å². The Morgan fingerprint density at radius 3 is 2.60 bits per heavy atom. The van der Waals surface area contributed by atoms with Crippen LogP contribution in [0.3, 0.4) is 0 Å². The number of amides is 2. The number of urea groups is 1. The molecule has 1 aromatic heterocycles. The zero-order valence-electron chi connectivity index (χ0n) is 14.9. The van der Waals surface area contributed by atoms with E-state index in [-0.39, 0.29) is 6.03 Å². The molecule has 0 spiro atoms. The molecule has 1 aliphatic rings. The third-order valence-electron chi connectivity index (χ3n) is 4.83. The zero-order valence-corrected chi connectivity index (χ0v) is 14.9. The summed E-state index contributed by atoms with van der Waals surface area (Å²) in [7, 11) is 4.21. The normalized spacial score (nSPS) is 15.6. The van der Waals surface area contributed by atoms with Gasteiger partial charge in [-0.1, -0.05) is 24.3 Å². The van der Waals surface area contributed by atoms with Crippen molar-refractivity contribution in [2.24, 2.45) is 0 Å². The minimum atomic E-state index is 0.0211. The number of likely N-dealkylation sites (tertiary alicyclic amines) is 1.